The highest BCUT2D eigenvalue weighted by molar-refractivity contribution is 5.88. The van der Waals surface area contributed by atoms with E-state index in [-0.39, 0.29) is 5.92 Å². The van der Waals surface area contributed by atoms with Crippen LogP contribution in [0.15, 0.2) is 24.3 Å². The number of esters is 2. The highest BCUT2D eigenvalue weighted by Gasteiger charge is 2.33. The molecule has 0 bridgehead atoms. The summed E-state index contributed by atoms with van der Waals surface area (Å²) in [7, 11) is 0. The number of carbonyl (C=O) groups is 2. The molecule has 23 heavy (non-hydrogen) atoms. The van der Waals surface area contributed by atoms with Gasteiger partial charge >= 0.3 is 11.9 Å². The van der Waals surface area contributed by atoms with E-state index in [0.717, 1.165) is 31.6 Å². The fourth-order valence-electron chi connectivity index (χ4n) is 2.87. The van der Waals surface area contributed by atoms with Gasteiger partial charge in [-0.15, -0.1) is 0 Å². The van der Waals surface area contributed by atoms with Crippen molar-refractivity contribution in [3.8, 4) is 0 Å². The van der Waals surface area contributed by atoms with Crippen LogP contribution in [0.1, 0.15) is 65.7 Å². The van der Waals surface area contributed by atoms with Crippen LogP contribution in [-0.2, 0) is 19.1 Å². The van der Waals surface area contributed by atoms with Crippen molar-refractivity contribution in [1.82, 2.24) is 0 Å². The number of ether oxygens (including phenoxy) is 2. The first-order valence-corrected chi connectivity index (χ1v) is 8.58. The van der Waals surface area contributed by atoms with Crippen molar-refractivity contribution in [2.24, 2.45) is 11.8 Å². The molecule has 0 radical (unpaired) electrons. The topological polar surface area (TPSA) is 52.6 Å². The zero-order valence-corrected chi connectivity index (χ0v) is 14.7. The van der Waals surface area contributed by atoms with Crippen molar-refractivity contribution in [3.05, 3.63) is 24.3 Å². The molecule has 1 rings (SSSR count). The average Bonchev–Trinajstić information content (AvgIpc) is 2.52. The summed E-state index contributed by atoms with van der Waals surface area (Å²) in [6.45, 7) is 12.5. The van der Waals surface area contributed by atoms with Gasteiger partial charge in [0.25, 0.3) is 6.29 Å². The molecule has 130 valence electrons. The Morgan fingerprint density at radius 1 is 1.00 bits per heavy atom. The molecule has 0 saturated heterocycles. The first-order valence-electron chi connectivity index (χ1n) is 8.58. The van der Waals surface area contributed by atoms with Crippen molar-refractivity contribution in [2.45, 2.75) is 72.0 Å². The Balaban J connectivity index is 2.65. The van der Waals surface area contributed by atoms with Gasteiger partial charge in [0.05, 0.1) is 0 Å². The largest absolute Gasteiger partial charge is 0.421 e. The van der Waals surface area contributed by atoms with Crippen LogP contribution >= 0.6 is 0 Å². The number of rotatable bonds is 8. The van der Waals surface area contributed by atoms with Crippen LogP contribution < -0.4 is 0 Å². The summed E-state index contributed by atoms with van der Waals surface area (Å²) < 4.78 is 10.7. The molecular formula is C19H30O4. The number of hydrogen-bond donors (Lipinski definition) is 0. The zero-order chi connectivity index (χ0) is 17.4. The van der Waals surface area contributed by atoms with E-state index in [1.807, 2.05) is 0 Å². The summed E-state index contributed by atoms with van der Waals surface area (Å²) >= 11 is 0. The van der Waals surface area contributed by atoms with Gasteiger partial charge < -0.3 is 9.47 Å². The molecule has 0 amide bonds. The predicted molar refractivity (Wildman–Crippen MR) is 90.6 cm³/mol. The van der Waals surface area contributed by atoms with Crippen molar-refractivity contribution in [1.29, 1.82) is 0 Å². The lowest BCUT2D eigenvalue weighted by Gasteiger charge is -2.33. The number of unbranched alkanes of at least 4 members (excludes halogenated alkanes) is 1. The van der Waals surface area contributed by atoms with Gasteiger partial charge in [0.15, 0.2) is 0 Å². The molecule has 1 aliphatic carbocycles. The highest BCUT2D eigenvalue weighted by atomic mass is 16.7. The van der Waals surface area contributed by atoms with Crippen molar-refractivity contribution in [3.63, 3.8) is 0 Å². The van der Waals surface area contributed by atoms with E-state index in [0.29, 0.717) is 11.1 Å². The first-order chi connectivity index (χ1) is 10.8. The molecule has 0 N–H and O–H groups in total. The zero-order valence-electron chi connectivity index (χ0n) is 14.7. The van der Waals surface area contributed by atoms with Gasteiger partial charge in [-0.3, -0.25) is 0 Å². The van der Waals surface area contributed by atoms with E-state index in [9.17, 15) is 9.59 Å². The lowest BCUT2D eigenvalue weighted by atomic mass is 9.79. The Bertz CT molecular complexity index is 416. The van der Waals surface area contributed by atoms with Gasteiger partial charge in [-0.25, -0.2) is 9.59 Å². The number of carbonyl (C=O) groups excluding carboxylic acids is 2. The van der Waals surface area contributed by atoms with Gasteiger partial charge in [0, 0.05) is 17.1 Å². The molecular weight excluding hydrogens is 292 g/mol. The molecule has 0 aromatic carbocycles. The van der Waals surface area contributed by atoms with E-state index in [2.05, 4.69) is 20.1 Å². The Morgan fingerprint density at radius 2 is 1.48 bits per heavy atom. The Kier molecular flexibility index (Phi) is 8.07. The van der Waals surface area contributed by atoms with Crippen molar-refractivity contribution in [2.75, 3.05) is 0 Å². The second kappa shape index (κ2) is 9.53. The summed E-state index contributed by atoms with van der Waals surface area (Å²) in [5.74, 6) is -0.241. The summed E-state index contributed by atoms with van der Waals surface area (Å²) in [4.78, 5) is 23.6. The molecule has 0 aromatic heterocycles. The summed E-state index contributed by atoms with van der Waals surface area (Å²) in [6.07, 6.45) is 6.90. The monoisotopic (exact) mass is 322 g/mol. The van der Waals surface area contributed by atoms with E-state index in [1.165, 1.54) is 19.3 Å². The van der Waals surface area contributed by atoms with Gasteiger partial charge in [0.1, 0.15) is 0 Å². The first kappa shape index (κ1) is 19.5. The molecule has 4 heteroatoms. The Hall–Kier alpha value is -1.58. The van der Waals surface area contributed by atoms with E-state index >= 15 is 0 Å². The lowest BCUT2D eigenvalue weighted by Crippen LogP contribution is -2.34. The van der Waals surface area contributed by atoms with Crippen LogP contribution in [0.2, 0.25) is 0 Å². The highest BCUT2D eigenvalue weighted by Crippen LogP contribution is 2.35. The molecule has 0 aromatic rings. The maximum absolute atomic E-state index is 11.8. The van der Waals surface area contributed by atoms with Crippen LogP contribution in [0.3, 0.4) is 0 Å². The Morgan fingerprint density at radius 3 is 1.87 bits per heavy atom. The molecule has 4 nitrogen and oxygen atoms in total. The van der Waals surface area contributed by atoms with Crippen LogP contribution in [0, 0.1) is 11.8 Å². The molecule has 0 atom stereocenters. The van der Waals surface area contributed by atoms with Crippen molar-refractivity contribution >= 4 is 11.9 Å². The van der Waals surface area contributed by atoms with E-state index in [4.69, 9.17) is 9.47 Å². The fourth-order valence-corrected chi connectivity index (χ4v) is 2.87. The van der Waals surface area contributed by atoms with E-state index < -0.39 is 18.2 Å². The molecule has 0 aliphatic heterocycles. The SMILES string of the molecule is C=C(C)C(=O)OC(OC(=O)C(=C)C)C1CCC(CCCC)CC1. The summed E-state index contributed by atoms with van der Waals surface area (Å²) in [6, 6.07) is 0. The van der Waals surface area contributed by atoms with E-state index in [1.54, 1.807) is 13.8 Å². The predicted octanol–water partition coefficient (Wildman–Crippen LogP) is 4.55. The third-order valence-electron chi connectivity index (χ3n) is 4.39. The minimum atomic E-state index is -0.837. The molecule has 0 heterocycles. The molecule has 0 unspecified atom stereocenters. The normalized spacial score (nSPS) is 20.9. The molecule has 1 fully saturated rings. The molecule has 1 aliphatic rings. The second-order valence-electron chi connectivity index (χ2n) is 6.66. The average molecular weight is 322 g/mol. The maximum atomic E-state index is 11.8. The summed E-state index contributed by atoms with van der Waals surface area (Å²) in [5, 5.41) is 0. The van der Waals surface area contributed by atoms with Crippen LogP contribution in [-0.4, -0.2) is 18.2 Å². The van der Waals surface area contributed by atoms with Gasteiger partial charge in [-0.05, 0) is 45.4 Å². The molecule has 1 saturated carbocycles. The second-order valence-corrected chi connectivity index (χ2v) is 6.66. The van der Waals surface area contributed by atoms with Gasteiger partial charge in [0.2, 0.25) is 0 Å². The quantitative estimate of drug-likeness (QED) is 0.374. The van der Waals surface area contributed by atoms with Crippen molar-refractivity contribution < 1.29 is 19.1 Å². The third kappa shape index (κ3) is 6.59. The lowest BCUT2D eigenvalue weighted by molar-refractivity contribution is -0.195. The number of hydrogen-bond acceptors (Lipinski definition) is 4. The van der Waals surface area contributed by atoms with Crippen LogP contribution in [0.4, 0.5) is 0 Å². The Labute approximate surface area is 139 Å². The van der Waals surface area contributed by atoms with Crippen LogP contribution in [0.5, 0.6) is 0 Å². The maximum Gasteiger partial charge on any atom is 0.336 e. The third-order valence-corrected chi connectivity index (χ3v) is 4.39. The molecule has 0 spiro atoms. The smallest absolute Gasteiger partial charge is 0.336 e. The standard InChI is InChI=1S/C19H30O4/c1-6-7-8-15-9-11-16(12-10-15)19(22-17(20)13(2)3)23-18(21)14(4)5/h15-16,19H,2,4,6-12H2,1,3,5H3. The van der Waals surface area contributed by atoms with Crippen LogP contribution in [0.25, 0.3) is 0 Å². The minimum absolute atomic E-state index is 0.0551. The van der Waals surface area contributed by atoms with Gasteiger partial charge in [-0.1, -0.05) is 39.3 Å². The fraction of sp³-hybridized carbons (Fsp3) is 0.684. The van der Waals surface area contributed by atoms with Gasteiger partial charge in [-0.2, -0.15) is 0 Å². The summed E-state index contributed by atoms with van der Waals surface area (Å²) in [5.41, 5.74) is 0.607. The minimum Gasteiger partial charge on any atom is -0.421 e.